The Morgan fingerprint density at radius 1 is 0.361 bits per heavy atom. The highest BCUT2D eigenvalue weighted by Crippen LogP contribution is 2.48. The second-order valence-electron chi connectivity index (χ2n) is 9.27. The molecule has 0 radical (unpaired) electrons. The summed E-state index contributed by atoms with van der Waals surface area (Å²) in [6, 6.07) is 44.5. The van der Waals surface area contributed by atoms with Gasteiger partial charge in [0.05, 0.1) is 0 Å². The molecule has 168 valence electrons. The zero-order chi connectivity index (χ0) is 23.6. The first-order valence-corrected chi connectivity index (χ1v) is 13.8. The van der Waals surface area contributed by atoms with Crippen LogP contribution in [0.25, 0.3) is 73.4 Å². The molecule has 2 heterocycles. The van der Waals surface area contributed by atoms with Crippen molar-refractivity contribution in [1.29, 1.82) is 0 Å². The zero-order valence-electron chi connectivity index (χ0n) is 19.4. The van der Waals surface area contributed by atoms with E-state index >= 15 is 0 Å². The molecule has 0 N–H and O–H groups in total. The molecular formula is C34H20S2. The minimum atomic E-state index is 1.26. The number of thiophene rings is 2. The Kier molecular flexibility index (Phi) is 4.36. The average molecular weight is 493 g/mol. The van der Waals surface area contributed by atoms with E-state index in [0.29, 0.717) is 0 Å². The Labute approximate surface area is 216 Å². The van der Waals surface area contributed by atoms with E-state index in [-0.39, 0.29) is 0 Å². The van der Waals surface area contributed by atoms with Crippen molar-refractivity contribution in [3.8, 4) is 21.6 Å². The molecule has 0 saturated heterocycles. The van der Waals surface area contributed by atoms with Gasteiger partial charge >= 0.3 is 0 Å². The van der Waals surface area contributed by atoms with Crippen molar-refractivity contribution in [3.05, 3.63) is 121 Å². The molecule has 0 bridgehead atoms. The topological polar surface area (TPSA) is 0 Å². The van der Waals surface area contributed by atoms with Crippen LogP contribution in [0.4, 0.5) is 0 Å². The van der Waals surface area contributed by atoms with Crippen LogP contribution < -0.4 is 0 Å². The van der Waals surface area contributed by atoms with Crippen LogP contribution >= 0.6 is 22.7 Å². The standard InChI is InChI=1S/C34H20S2/c1-2-10-21(11-3-1)32-22-12-4-6-14-24(22)33(25-15-7-5-13-23(25)32)31-20-27-29(36-31)18-19-30-34(27)26-16-8-9-17-28(26)35-30/h1-20H. The maximum absolute atomic E-state index is 2.44. The van der Waals surface area contributed by atoms with Gasteiger partial charge in [-0.25, -0.2) is 0 Å². The van der Waals surface area contributed by atoms with Gasteiger partial charge in [0, 0.05) is 40.7 Å². The summed E-state index contributed by atoms with van der Waals surface area (Å²) in [7, 11) is 0. The molecule has 0 aliphatic rings. The first kappa shape index (κ1) is 20.2. The lowest BCUT2D eigenvalue weighted by Crippen LogP contribution is -1.89. The number of fused-ring (bicyclic) bond motifs is 7. The van der Waals surface area contributed by atoms with Gasteiger partial charge in [0.2, 0.25) is 0 Å². The summed E-state index contributed by atoms with van der Waals surface area (Å²) in [6.45, 7) is 0. The summed E-state index contributed by atoms with van der Waals surface area (Å²) in [5.41, 5.74) is 3.92. The third kappa shape index (κ3) is 2.86. The summed E-state index contributed by atoms with van der Waals surface area (Å²) >= 11 is 3.80. The fourth-order valence-corrected chi connectivity index (χ4v) is 8.03. The predicted octanol–water partition coefficient (Wildman–Crippen LogP) is 10.9. The van der Waals surface area contributed by atoms with Gasteiger partial charge in [0.15, 0.2) is 0 Å². The molecule has 0 fully saturated rings. The largest absolute Gasteiger partial charge is 0.135 e. The van der Waals surface area contributed by atoms with Crippen molar-refractivity contribution in [1.82, 2.24) is 0 Å². The van der Waals surface area contributed by atoms with E-state index in [4.69, 9.17) is 0 Å². The van der Waals surface area contributed by atoms with Crippen LogP contribution in [0.15, 0.2) is 121 Å². The number of hydrogen-bond acceptors (Lipinski definition) is 2. The van der Waals surface area contributed by atoms with Crippen LogP contribution in [0.2, 0.25) is 0 Å². The van der Waals surface area contributed by atoms with E-state index in [1.165, 1.54) is 73.4 Å². The molecule has 0 unspecified atom stereocenters. The summed E-state index contributed by atoms with van der Waals surface area (Å²) < 4.78 is 4.07. The lowest BCUT2D eigenvalue weighted by atomic mass is 9.88. The van der Waals surface area contributed by atoms with Gasteiger partial charge in [-0.3, -0.25) is 0 Å². The average Bonchev–Trinajstić information content (AvgIpc) is 3.53. The molecule has 2 heteroatoms. The van der Waals surface area contributed by atoms with Crippen LogP contribution in [-0.4, -0.2) is 0 Å². The summed E-state index contributed by atoms with van der Waals surface area (Å²) in [5, 5.41) is 9.36. The van der Waals surface area contributed by atoms with E-state index < -0.39 is 0 Å². The van der Waals surface area contributed by atoms with Gasteiger partial charge in [-0.2, -0.15) is 0 Å². The van der Waals surface area contributed by atoms with Crippen molar-refractivity contribution in [2.45, 2.75) is 0 Å². The van der Waals surface area contributed by atoms with Crippen molar-refractivity contribution in [2.24, 2.45) is 0 Å². The molecule has 0 aliphatic carbocycles. The maximum atomic E-state index is 2.44. The molecule has 36 heavy (non-hydrogen) atoms. The minimum absolute atomic E-state index is 1.26. The second-order valence-corrected chi connectivity index (χ2v) is 11.4. The van der Waals surface area contributed by atoms with Crippen molar-refractivity contribution in [2.75, 3.05) is 0 Å². The van der Waals surface area contributed by atoms with E-state index in [1.54, 1.807) is 0 Å². The van der Waals surface area contributed by atoms with Crippen LogP contribution in [0.3, 0.4) is 0 Å². The Hall–Kier alpha value is -3.98. The number of benzene rings is 6. The molecule has 2 aromatic heterocycles. The summed E-state index contributed by atoms with van der Waals surface area (Å²) in [6.07, 6.45) is 0. The van der Waals surface area contributed by atoms with Crippen molar-refractivity contribution in [3.63, 3.8) is 0 Å². The molecule has 0 aliphatic heterocycles. The van der Waals surface area contributed by atoms with Gasteiger partial charge < -0.3 is 0 Å². The normalized spacial score (nSPS) is 11.9. The Bertz CT molecular complexity index is 2030. The summed E-state index contributed by atoms with van der Waals surface area (Å²) in [5.74, 6) is 0. The van der Waals surface area contributed by atoms with Gasteiger partial charge in [0.25, 0.3) is 0 Å². The third-order valence-corrected chi connectivity index (χ3v) is 9.53. The molecule has 8 aromatic rings. The van der Waals surface area contributed by atoms with Gasteiger partial charge in [-0.1, -0.05) is 97.1 Å². The van der Waals surface area contributed by atoms with Crippen LogP contribution in [-0.2, 0) is 0 Å². The van der Waals surface area contributed by atoms with Crippen LogP contribution in [0.1, 0.15) is 0 Å². The quantitative estimate of drug-likeness (QED) is 0.211. The van der Waals surface area contributed by atoms with Crippen LogP contribution in [0.5, 0.6) is 0 Å². The fourth-order valence-electron chi connectivity index (χ4n) is 5.77. The van der Waals surface area contributed by atoms with E-state index in [9.17, 15) is 0 Å². The number of hydrogen-bond donors (Lipinski definition) is 0. The molecule has 0 amide bonds. The molecule has 6 aromatic carbocycles. The molecule has 0 spiro atoms. The number of rotatable bonds is 2. The lowest BCUT2D eigenvalue weighted by molar-refractivity contribution is 1.67. The highest BCUT2D eigenvalue weighted by molar-refractivity contribution is 7.26. The third-order valence-electron chi connectivity index (χ3n) is 7.28. The fraction of sp³-hybridized carbons (Fsp3) is 0. The second kappa shape index (κ2) is 7.76. The molecular weight excluding hydrogens is 473 g/mol. The smallest absolute Gasteiger partial charge is 0.0368 e. The maximum Gasteiger partial charge on any atom is 0.0368 e. The first-order valence-electron chi connectivity index (χ1n) is 12.2. The molecule has 0 nitrogen and oxygen atoms in total. The molecule has 0 saturated carbocycles. The van der Waals surface area contributed by atoms with Crippen molar-refractivity contribution >= 4 is 74.5 Å². The van der Waals surface area contributed by atoms with E-state index in [1.807, 2.05) is 22.7 Å². The monoisotopic (exact) mass is 492 g/mol. The van der Waals surface area contributed by atoms with E-state index in [0.717, 1.165) is 0 Å². The minimum Gasteiger partial charge on any atom is -0.135 e. The SMILES string of the molecule is c1ccc(-c2c3ccccc3c(-c3cc4c(ccc5sc6ccccc6c54)s3)c3ccccc23)cc1. The van der Waals surface area contributed by atoms with Gasteiger partial charge in [0.1, 0.15) is 0 Å². The van der Waals surface area contributed by atoms with E-state index in [2.05, 4.69) is 121 Å². The van der Waals surface area contributed by atoms with Gasteiger partial charge in [-0.15, -0.1) is 22.7 Å². The molecule has 0 atom stereocenters. The van der Waals surface area contributed by atoms with Crippen LogP contribution in [0, 0.1) is 0 Å². The lowest BCUT2D eigenvalue weighted by Gasteiger charge is -2.16. The van der Waals surface area contributed by atoms with Crippen molar-refractivity contribution < 1.29 is 0 Å². The predicted molar refractivity (Wildman–Crippen MR) is 161 cm³/mol. The Morgan fingerprint density at radius 2 is 0.889 bits per heavy atom. The van der Waals surface area contributed by atoms with Gasteiger partial charge in [-0.05, 0) is 56.9 Å². The highest BCUT2D eigenvalue weighted by atomic mass is 32.1. The Morgan fingerprint density at radius 3 is 1.58 bits per heavy atom. The zero-order valence-corrected chi connectivity index (χ0v) is 21.0. The molecule has 8 rings (SSSR count). The Balaban J connectivity index is 1.52. The highest BCUT2D eigenvalue weighted by Gasteiger charge is 2.19. The first-order chi connectivity index (χ1) is 17.9. The summed E-state index contributed by atoms with van der Waals surface area (Å²) in [4.78, 5) is 1.33.